The average Bonchev–Trinajstić information content (AvgIpc) is 2.17. The van der Waals surface area contributed by atoms with E-state index in [1.165, 1.54) is 21.1 Å². The Hall–Kier alpha value is -1.10. The molecule has 0 aliphatic carbocycles. The minimum Gasteiger partial charge on any atom is -0.495 e. The largest absolute Gasteiger partial charge is 0.495 e. The number of rotatable bonds is 3. The van der Waals surface area contributed by atoms with Crippen molar-refractivity contribution in [3.05, 3.63) is 21.9 Å². The van der Waals surface area contributed by atoms with Crippen LogP contribution >= 0.6 is 15.9 Å². The van der Waals surface area contributed by atoms with Gasteiger partial charge in [0.05, 0.1) is 19.8 Å². The van der Waals surface area contributed by atoms with Crippen LogP contribution in [0.3, 0.4) is 0 Å². The molecule has 1 rings (SSSR count). The number of ketones is 1. The predicted octanol–water partition coefficient (Wildman–Crippen LogP) is 2.81. The van der Waals surface area contributed by atoms with Crippen LogP contribution in [0.15, 0.2) is 10.5 Å². The second-order valence-electron chi connectivity index (χ2n) is 2.84. The Bertz CT molecular complexity index is 404. The number of hydrogen-bond donors (Lipinski definition) is 0. The van der Waals surface area contributed by atoms with Gasteiger partial charge in [0.25, 0.3) is 0 Å². The van der Waals surface area contributed by atoms with E-state index in [4.69, 9.17) is 9.47 Å². The van der Waals surface area contributed by atoms with Crippen molar-refractivity contribution in [1.82, 2.24) is 0 Å². The number of carbonyl (C=O) groups is 1. The maximum absolute atomic E-state index is 13.4. The van der Waals surface area contributed by atoms with Gasteiger partial charge in [0.2, 0.25) is 0 Å². The molecule has 1 aromatic carbocycles. The van der Waals surface area contributed by atoms with Crippen molar-refractivity contribution in [2.24, 2.45) is 0 Å². The van der Waals surface area contributed by atoms with Crippen molar-refractivity contribution in [3.63, 3.8) is 0 Å². The molecule has 0 saturated carbocycles. The van der Waals surface area contributed by atoms with Crippen LogP contribution < -0.4 is 9.47 Å². The zero-order valence-corrected chi connectivity index (χ0v) is 10.1. The Balaban J connectivity index is 3.51. The zero-order chi connectivity index (χ0) is 11.6. The molecule has 0 aromatic heterocycles. The van der Waals surface area contributed by atoms with Crippen LogP contribution in [-0.2, 0) is 0 Å². The van der Waals surface area contributed by atoms with Crippen LogP contribution in [0, 0.1) is 5.82 Å². The molecule has 0 unspecified atom stereocenters. The number of halogens is 2. The molecule has 0 atom stereocenters. The summed E-state index contributed by atoms with van der Waals surface area (Å²) in [6.45, 7) is 1.34. The number of Topliss-reactive ketones (excluding diaryl/α,β-unsaturated/α-hetero) is 1. The summed E-state index contributed by atoms with van der Waals surface area (Å²) < 4.78 is 23.6. The van der Waals surface area contributed by atoms with E-state index in [9.17, 15) is 9.18 Å². The van der Waals surface area contributed by atoms with E-state index in [0.717, 1.165) is 6.07 Å². The Morgan fingerprint density at radius 1 is 1.33 bits per heavy atom. The minimum atomic E-state index is -0.602. The lowest BCUT2D eigenvalue weighted by atomic mass is 10.1. The van der Waals surface area contributed by atoms with Gasteiger partial charge >= 0.3 is 0 Å². The first-order chi connectivity index (χ1) is 7.02. The van der Waals surface area contributed by atoms with E-state index >= 15 is 0 Å². The summed E-state index contributed by atoms with van der Waals surface area (Å²) in [5.41, 5.74) is 0.183. The molecule has 0 radical (unpaired) electrons. The van der Waals surface area contributed by atoms with Gasteiger partial charge in [-0.05, 0) is 28.9 Å². The third-order valence-corrected chi connectivity index (χ3v) is 2.64. The van der Waals surface area contributed by atoms with Crippen LogP contribution in [0.4, 0.5) is 4.39 Å². The first-order valence-corrected chi connectivity index (χ1v) is 4.93. The maximum Gasteiger partial charge on any atom is 0.172 e. The molecule has 1 aromatic rings. The summed E-state index contributed by atoms with van der Waals surface area (Å²) >= 11 is 3.13. The van der Waals surface area contributed by atoms with E-state index in [0.29, 0.717) is 4.47 Å². The van der Waals surface area contributed by atoms with Crippen LogP contribution in [0.2, 0.25) is 0 Å². The van der Waals surface area contributed by atoms with Gasteiger partial charge in [0.1, 0.15) is 10.2 Å². The molecule has 0 aliphatic heterocycles. The molecule has 5 heteroatoms. The smallest absolute Gasteiger partial charge is 0.172 e. The average molecular weight is 277 g/mol. The van der Waals surface area contributed by atoms with Gasteiger partial charge in [0, 0.05) is 0 Å². The Morgan fingerprint density at radius 2 is 1.87 bits per heavy atom. The maximum atomic E-state index is 13.4. The lowest BCUT2D eigenvalue weighted by Gasteiger charge is -2.12. The van der Waals surface area contributed by atoms with E-state index in [2.05, 4.69) is 15.9 Å². The number of benzene rings is 1. The third kappa shape index (κ3) is 2.12. The molecule has 0 heterocycles. The van der Waals surface area contributed by atoms with Gasteiger partial charge in [0.15, 0.2) is 17.3 Å². The summed E-state index contributed by atoms with van der Waals surface area (Å²) in [5.74, 6) is -0.568. The summed E-state index contributed by atoms with van der Waals surface area (Å²) in [6, 6.07) is 1.10. The molecule has 3 nitrogen and oxygen atoms in total. The fourth-order valence-corrected chi connectivity index (χ4v) is 1.96. The van der Waals surface area contributed by atoms with Gasteiger partial charge in [-0.3, -0.25) is 4.79 Å². The molecular weight excluding hydrogens is 267 g/mol. The van der Waals surface area contributed by atoms with Crippen molar-refractivity contribution < 1.29 is 18.7 Å². The van der Waals surface area contributed by atoms with Gasteiger partial charge < -0.3 is 9.47 Å². The second-order valence-corrected chi connectivity index (χ2v) is 3.64. The monoisotopic (exact) mass is 276 g/mol. The molecule has 15 heavy (non-hydrogen) atoms. The highest BCUT2D eigenvalue weighted by Crippen LogP contribution is 2.39. The van der Waals surface area contributed by atoms with Gasteiger partial charge in [-0.25, -0.2) is 4.39 Å². The van der Waals surface area contributed by atoms with Crippen LogP contribution in [0.1, 0.15) is 17.3 Å². The minimum absolute atomic E-state index is 0.0249. The molecule has 0 aliphatic rings. The second kappa shape index (κ2) is 4.61. The molecule has 0 N–H and O–H groups in total. The number of carbonyl (C=O) groups excluding carboxylic acids is 1. The fraction of sp³-hybridized carbons (Fsp3) is 0.300. The van der Waals surface area contributed by atoms with Crippen molar-refractivity contribution >= 4 is 21.7 Å². The molecule has 0 spiro atoms. The van der Waals surface area contributed by atoms with Gasteiger partial charge in [-0.15, -0.1) is 0 Å². The number of ether oxygens (including phenoxy) is 2. The van der Waals surface area contributed by atoms with Crippen LogP contribution in [0.25, 0.3) is 0 Å². The van der Waals surface area contributed by atoms with Gasteiger partial charge in [-0.2, -0.15) is 0 Å². The number of hydrogen-bond acceptors (Lipinski definition) is 3. The lowest BCUT2D eigenvalue weighted by Crippen LogP contribution is -2.02. The van der Waals surface area contributed by atoms with Crippen molar-refractivity contribution in [1.29, 1.82) is 0 Å². The standard InChI is InChI=1S/C10H10BrFO3/c1-5(13)6-4-7(12)10(15-3)8(11)9(6)14-2/h4H,1-3H3. The molecular formula is C10H10BrFO3. The van der Waals surface area contributed by atoms with E-state index < -0.39 is 5.82 Å². The van der Waals surface area contributed by atoms with E-state index in [1.54, 1.807) is 0 Å². The summed E-state index contributed by atoms with van der Waals surface area (Å²) in [7, 11) is 2.75. The summed E-state index contributed by atoms with van der Waals surface area (Å²) in [5, 5.41) is 0. The van der Waals surface area contributed by atoms with E-state index in [1.807, 2.05) is 0 Å². The summed E-state index contributed by atoms with van der Waals surface area (Å²) in [4.78, 5) is 11.2. The van der Waals surface area contributed by atoms with Gasteiger partial charge in [-0.1, -0.05) is 0 Å². The number of methoxy groups -OCH3 is 2. The Kier molecular flexibility index (Phi) is 3.68. The topological polar surface area (TPSA) is 35.5 Å². The van der Waals surface area contributed by atoms with Crippen LogP contribution in [0.5, 0.6) is 11.5 Å². The highest BCUT2D eigenvalue weighted by Gasteiger charge is 2.20. The van der Waals surface area contributed by atoms with Crippen molar-refractivity contribution in [2.45, 2.75) is 6.92 Å². The Labute approximate surface area is 95.3 Å². The molecule has 82 valence electrons. The molecule has 0 amide bonds. The third-order valence-electron chi connectivity index (χ3n) is 1.92. The predicted molar refractivity (Wildman–Crippen MR) is 57.2 cm³/mol. The lowest BCUT2D eigenvalue weighted by molar-refractivity contribution is 0.101. The first-order valence-electron chi connectivity index (χ1n) is 4.13. The highest BCUT2D eigenvalue weighted by molar-refractivity contribution is 9.10. The quantitative estimate of drug-likeness (QED) is 0.797. The fourth-order valence-electron chi connectivity index (χ4n) is 1.23. The SMILES string of the molecule is COc1c(F)cc(C(C)=O)c(OC)c1Br. The zero-order valence-electron chi connectivity index (χ0n) is 8.56. The molecule has 0 bridgehead atoms. The van der Waals surface area contributed by atoms with Crippen molar-refractivity contribution in [2.75, 3.05) is 14.2 Å². The van der Waals surface area contributed by atoms with E-state index in [-0.39, 0.29) is 22.8 Å². The highest BCUT2D eigenvalue weighted by atomic mass is 79.9. The van der Waals surface area contributed by atoms with Crippen LogP contribution in [-0.4, -0.2) is 20.0 Å². The van der Waals surface area contributed by atoms with Crippen molar-refractivity contribution in [3.8, 4) is 11.5 Å². The normalized spacial score (nSPS) is 9.93. The molecule has 0 fully saturated rings. The molecule has 0 saturated heterocycles. The Morgan fingerprint density at radius 3 is 2.27 bits per heavy atom. The first kappa shape index (κ1) is 12.0. The summed E-state index contributed by atoms with van der Waals surface area (Å²) in [6.07, 6.45) is 0.